The highest BCUT2D eigenvalue weighted by molar-refractivity contribution is 5.56. The maximum atomic E-state index is 13.8. The van der Waals surface area contributed by atoms with Gasteiger partial charge in [0.1, 0.15) is 5.82 Å². The second kappa shape index (κ2) is 6.76. The van der Waals surface area contributed by atoms with Gasteiger partial charge in [0.05, 0.1) is 0 Å². The lowest BCUT2D eigenvalue weighted by Crippen LogP contribution is -2.12. The molecule has 0 atom stereocenters. The van der Waals surface area contributed by atoms with Crippen molar-refractivity contribution in [3.05, 3.63) is 46.5 Å². The first-order chi connectivity index (χ1) is 10.1. The molecule has 2 rings (SSSR count). The summed E-state index contributed by atoms with van der Waals surface area (Å²) in [5.74, 6) is 0.376. The van der Waals surface area contributed by atoms with E-state index >= 15 is 0 Å². The van der Waals surface area contributed by atoms with E-state index in [0.29, 0.717) is 17.9 Å². The van der Waals surface area contributed by atoms with Gasteiger partial charge in [-0.2, -0.15) is 0 Å². The summed E-state index contributed by atoms with van der Waals surface area (Å²) in [6.45, 7) is 6.48. The summed E-state index contributed by atoms with van der Waals surface area (Å²) in [5, 5.41) is 0. The molecule has 0 amide bonds. The Bertz CT molecular complexity index is 613. The highest BCUT2D eigenvalue weighted by Gasteiger charge is 2.13. The molecule has 0 fully saturated rings. The van der Waals surface area contributed by atoms with E-state index in [9.17, 15) is 4.39 Å². The van der Waals surface area contributed by atoms with Gasteiger partial charge in [-0.3, -0.25) is 0 Å². The van der Waals surface area contributed by atoms with Crippen LogP contribution in [0.2, 0.25) is 0 Å². The number of aromatic nitrogens is 2. The Labute approximate surface area is 125 Å². The lowest BCUT2D eigenvalue weighted by Gasteiger charge is -2.13. The molecule has 3 nitrogen and oxygen atoms in total. The van der Waals surface area contributed by atoms with Crippen LogP contribution in [-0.2, 0) is 19.3 Å². The molecule has 0 spiro atoms. The second-order valence-corrected chi connectivity index (χ2v) is 5.13. The van der Waals surface area contributed by atoms with Crippen LogP contribution in [0.4, 0.5) is 4.39 Å². The zero-order valence-electron chi connectivity index (χ0n) is 12.9. The number of halogens is 1. The predicted octanol–water partition coefficient (Wildman–Crippen LogP) is 3.22. The molecule has 0 radical (unpaired) electrons. The van der Waals surface area contributed by atoms with E-state index in [2.05, 4.69) is 23.8 Å². The molecule has 0 aliphatic heterocycles. The number of nitrogens with two attached hydrogens (primary N) is 1. The fourth-order valence-corrected chi connectivity index (χ4v) is 2.46. The van der Waals surface area contributed by atoms with Gasteiger partial charge in [-0.1, -0.05) is 26.0 Å². The highest BCUT2D eigenvalue weighted by atomic mass is 19.1. The Morgan fingerprint density at radius 3 is 2.19 bits per heavy atom. The largest absolute Gasteiger partial charge is 0.330 e. The lowest BCUT2D eigenvalue weighted by molar-refractivity contribution is 0.619. The summed E-state index contributed by atoms with van der Waals surface area (Å²) in [6.07, 6.45) is 2.44. The number of nitrogens with zero attached hydrogens (tertiary/aromatic N) is 2. The first-order valence-electron chi connectivity index (χ1n) is 7.45. The van der Waals surface area contributed by atoms with Gasteiger partial charge in [-0.15, -0.1) is 0 Å². The van der Waals surface area contributed by atoms with E-state index in [1.165, 1.54) is 6.07 Å². The topological polar surface area (TPSA) is 51.8 Å². The van der Waals surface area contributed by atoms with Gasteiger partial charge in [0.25, 0.3) is 0 Å². The maximum Gasteiger partial charge on any atom is 0.159 e. The number of aryl methyl sites for hydroxylation is 3. The van der Waals surface area contributed by atoms with Crippen molar-refractivity contribution in [2.45, 2.75) is 40.0 Å². The number of hydrogen-bond donors (Lipinski definition) is 1. The maximum absolute atomic E-state index is 13.8. The van der Waals surface area contributed by atoms with Crippen LogP contribution in [0.15, 0.2) is 18.2 Å². The number of rotatable bonds is 5. The van der Waals surface area contributed by atoms with Gasteiger partial charge in [-0.05, 0) is 49.9 Å². The van der Waals surface area contributed by atoms with Gasteiger partial charge in [0.2, 0.25) is 0 Å². The molecule has 0 unspecified atom stereocenters. The molecule has 1 aromatic heterocycles. The fraction of sp³-hybridized carbons (Fsp3) is 0.412. The molecule has 4 heteroatoms. The van der Waals surface area contributed by atoms with Crippen molar-refractivity contribution in [3.8, 4) is 11.4 Å². The molecule has 1 aromatic carbocycles. The zero-order valence-corrected chi connectivity index (χ0v) is 12.9. The van der Waals surface area contributed by atoms with Crippen LogP contribution in [0.5, 0.6) is 0 Å². The Balaban J connectivity index is 2.56. The van der Waals surface area contributed by atoms with Crippen molar-refractivity contribution >= 4 is 0 Å². The molecule has 2 aromatic rings. The van der Waals surface area contributed by atoms with Gasteiger partial charge in [-0.25, -0.2) is 14.4 Å². The van der Waals surface area contributed by atoms with Gasteiger partial charge in [0, 0.05) is 17.0 Å². The van der Waals surface area contributed by atoms with E-state index in [4.69, 9.17) is 5.73 Å². The van der Waals surface area contributed by atoms with Crippen LogP contribution in [0.25, 0.3) is 11.4 Å². The van der Waals surface area contributed by atoms with Crippen molar-refractivity contribution < 1.29 is 4.39 Å². The summed E-state index contributed by atoms with van der Waals surface area (Å²) in [5.41, 5.74) is 10.2. The minimum Gasteiger partial charge on any atom is -0.330 e. The van der Waals surface area contributed by atoms with Gasteiger partial charge >= 0.3 is 0 Å². The molecule has 0 saturated heterocycles. The molecule has 0 aliphatic rings. The standard InChI is InChI=1S/C17H22FN3/c1-4-15-13(8-9-19)16(5-2)21-17(20-15)12-7-6-11(3)14(18)10-12/h6-7,10H,4-5,8-9,19H2,1-3H3. The van der Waals surface area contributed by atoms with Gasteiger partial charge < -0.3 is 5.73 Å². The molecule has 21 heavy (non-hydrogen) atoms. The van der Waals surface area contributed by atoms with Crippen LogP contribution in [-0.4, -0.2) is 16.5 Å². The first kappa shape index (κ1) is 15.6. The van der Waals surface area contributed by atoms with Gasteiger partial charge in [0.15, 0.2) is 5.82 Å². The van der Waals surface area contributed by atoms with E-state index in [1.807, 2.05) is 6.07 Å². The quantitative estimate of drug-likeness (QED) is 0.918. The van der Waals surface area contributed by atoms with E-state index in [0.717, 1.165) is 41.8 Å². The van der Waals surface area contributed by atoms with E-state index in [1.54, 1.807) is 13.0 Å². The smallest absolute Gasteiger partial charge is 0.159 e. The summed E-state index contributed by atoms with van der Waals surface area (Å²) in [6, 6.07) is 5.14. The lowest BCUT2D eigenvalue weighted by atomic mass is 10.0. The molecule has 112 valence electrons. The normalized spacial score (nSPS) is 10.9. The molecule has 1 heterocycles. The van der Waals surface area contributed by atoms with Crippen LogP contribution in [0.3, 0.4) is 0 Å². The fourth-order valence-electron chi connectivity index (χ4n) is 2.46. The Hall–Kier alpha value is -1.81. The highest BCUT2D eigenvalue weighted by Crippen LogP contribution is 2.22. The van der Waals surface area contributed by atoms with Crippen molar-refractivity contribution in [2.24, 2.45) is 5.73 Å². The summed E-state index contributed by atoms with van der Waals surface area (Å²) in [7, 11) is 0. The van der Waals surface area contributed by atoms with E-state index < -0.39 is 0 Å². The van der Waals surface area contributed by atoms with Crippen molar-refractivity contribution in [1.82, 2.24) is 9.97 Å². The van der Waals surface area contributed by atoms with E-state index in [-0.39, 0.29) is 5.82 Å². The minimum absolute atomic E-state index is 0.224. The van der Waals surface area contributed by atoms with Crippen LogP contribution in [0, 0.1) is 12.7 Å². The summed E-state index contributed by atoms with van der Waals surface area (Å²) >= 11 is 0. The Kier molecular flexibility index (Phi) is 5.02. The first-order valence-corrected chi connectivity index (χ1v) is 7.45. The molecular formula is C17H22FN3. The summed E-state index contributed by atoms with van der Waals surface area (Å²) in [4.78, 5) is 9.25. The third-order valence-corrected chi connectivity index (χ3v) is 3.67. The van der Waals surface area contributed by atoms with Crippen molar-refractivity contribution in [1.29, 1.82) is 0 Å². The minimum atomic E-state index is -0.224. The van der Waals surface area contributed by atoms with Crippen LogP contribution in [0.1, 0.15) is 36.4 Å². The number of hydrogen-bond acceptors (Lipinski definition) is 3. The molecular weight excluding hydrogens is 265 g/mol. The van der Waals surface area contributed by atoms with Crippen molar-refractivity contribution in [3.63, 3.8) is 0 Å². The zero-order chi connectivity index (χ0) is 15.4. The monoisotopic (exact) mass is 287 g/mol. The number of benzene rings is 1. The SMILES string of the molecule is CCc1nc(-c2ccc(C)c(F)c2)nc(CC)c1CCN. The molecule has 2 N–H and O–H groups in total. The third-order valence-electron chi connectivity index (χ3n) is 3.67. The molecule has 0 aliphatic carbocycles. The second-order valence-electron chi connectivity index (χ2n) is 5.13. The molecule has 0 bridgehead atoms. The van der Waals surface area contributed by atoms with Crippen LogP contribution >= 0.6 is 0 Å². The predicted molar refractivity (Wildman–Crippen MR) is 83.7 cm³/mol. The summed E-state index contributed by atoms with van der Waals surface area (Å²) < 4.78 is 13.8. The Morgan fingerprint density at radius 1 is 1.10 bits per heavy atom. The average Bonchev–Trinajstić information content (AvgIpc) is 2.50. The molecule has 0 saturated carbocycles. The van der Waals surface area contributed by atoms with Crippen molar-refractivity contribution in [2.75, 3.05) is 6.54 Å². The average molecular weight is 287 g/mol. The van der Waals surface area contributed by atoms with Crippen LogP contribution < -0.4 is 5.73 Å². The third kappa shape index (κ3) is 3.27. The Morgan fingerprint density at radius 2 is 1.71 bits per heavy atom.